The number of thioether (sulfide) groups is 1. The molecule has 8 nitrogen and oxygen atoms in total. The topological polar surface area (TPSA) is 92.3 Å². The maximum atomic E-state index is 13.5. The second-order valence-corrected chi connectivity index (χ2v) is 8.46. The summed E-state index contributed by atoms with van der Waals surface area (Å²) in [5, 5.41) is 4.89. The van der Waals surface area contributed by atoms with Gasteiger partial charge in [0.2, 0.25) is 5.89 Å². The van der Waals surface area contributed by atoms with E-state index >= 15 is 0 Å². The van der Waals surface area contributed by atoms with Crippen LogP contribution in [0.3, 0.4) is 0 Å². The number of hydrogen-bond acceptors (Lipinski definition) is 8. The number of hydrogen-bond donors (Lipinski definition) is 0. The Hall–Kier alpha value is -3.33. The molecule has 0 aliphatic carbocycles. The average molecular weight is 453 g/mol. The van der Waals surface area contributed by atoms with Crippen molar-refractivity contribution in [2.45, 2.75) is 37.1 Å². The molecule has 0 amide bonds. The van der Waals surface area contributed by atoms with Crippen LogP contribution in [0, 0.1) is 0 Å². The first-order valence-electron chi connectivity index (χ1n) is 10.3. The molecule has 0 radical (unpaired) electrons. The molecule has 2 aromatic heterocycles. The van der Waals surface area contributed by atoms with Gasteiger partial charge in [0.1, 0.15) is 0 Å². The Labute approximate surface area is 189 Å². The monoisotopic (exact) mass is 452 g/mol. The summed E-state index contributed by atoms with van der Waals surface area (Å²) in [6.07, 6.45) is 1.69. The molecule has 0 saturated heterocycles. The number of methoxy groups -OCH3 is 2. The zero-order valence-electron chi connectivity index (χ0n) is 18.4. The zero-order valence-corrected chi connectivity index (χ0v) is 19.2. The molecule has 4 aromatic rings. The van der Waals surface area contributed by atoms with Gasteiger partial charge in [-0.1, -0.05) is 36.0 Å². The molecule has 0 spiro atoms. The lowest BCUT2D eigenvalue weighted by atomic mass is 10.2. The Balaban J connectivity index is 1.83. The first-order chi connectivity index (χ1) is 15.5. The maximum Gasteiger partial charge on any atom is 0.266 e. The van der Waals surface area contributed by atoms with Gasteiger partial charge < -0.3 is 14.0 Å². The van der Waals surface area contributed by atoms with Crippen LogP contribution in [0.4, 0.5) is 0 Å². The van der Waals surface area contributed by atoms with E-state index in [1.807, 2.05) is 25.1 Å². The summed E-state index contributed by atoms with van der Waals surface area (Å²) in [5.41, 5.74) is 1.08. The molecular formula is C23H24N4O4S. The first kappa shape index (κ1) is 21.9. The number of para-hydroxylation sites is 1. The smallest absolute Gasteiger partial charge is 0.266 e. The van der Waals surface area contributed by atoms with E-state index in [-0.39, 0.29) is 10.8 Å². The van der Waals surface area contributed by atoms with Gasteiger partial charge in [0.25, 0.3) is 5.56 Å². The highest BCUT2D eigenvalue weighted by Crippen LogP contribution is 2.35. The molecule has 0 bridgehead atoms. The van der Waals surface area contributed by atoms with Crippen molar-refractivity contribution in [1.82, 2.24) is 19.7 Å². The molecular weight excluding hydrogens is 428 g/mol. The van der Waals surface area contributed by atoms with E-state index in [0.29, 0.717) is 45.0 Å². The second-order valence-electron chi connectivity index (χ2n) is 7.15. The molecule has 0 fully saturated rings. The van der Waals surface area contributed by atoms with Gasteiger partial charge in [0.05, 0.1) is 36.1 Å². The Morgan fingerprint density at radius 1 is 1.09 bits per heavy atom. The third-order valence-electron chi connectivity index (χ3n) is 4.96. The van der Waals surface area contributed by atoms with Crippen LogP contribution in [0.25, 0.3) is 16.6 Å². The van der Waals surface area contributed by atoms with E-state index in [0.717, 1.165) is 12.8 Å². The minimum absolute atomic E-state index is 0.172. The minimum atomic E-state index is -0.201. The summed E-state index contributed by atoms with van der Waals surface area (Å²) in [7, 11) is 3.13. The molecule has 0 saturated carbocycles. The van der Waals surface area contributed by atoms with E-state index in [1.54, 1.807) is 43.1 Å². The Bertz CT molecular complexity index is 1300. The normalized spacial score (nSPS) is 12.1. The lowest BCUT2D eigenvalue weighted by Crippen LogP contribution is -2.22. The SMILES string of the molecule is CCCc1noc([C@@H](C)Sc2nc3ccccc3c(=O)n2-c2ccc(OC)c(OC)c2)n1. The highest BCUT2D eigenvalue weighted by molar-refractivity contribution is 7.99. The fourth-order valence-electron chi connectivity index (χ4n) is 3.35. The summed E-state index contributed by atoms with van der Waals surface area (Å²) in [5.74, 6) is 2.28. The molecule has 0 aliphatic heterocycles. The fourth-order valence-corrected chi connectivity index (χ4v) is 4.31. The molecule has 1 atom stereocenters. The second kappa shape index (κ2) is 9.44. The maximum absolute atomic E-state index is 13.5. The van der Waals surface area contributed by atoms with Crippen LogP contribution in [0.1, 0.15) is 37.2 Å². The van der Waals surface area contributed by atoms with Crippen LogP contribution in [-0.4, -0.2) is 33.9 Å². The van der Waals surface area contributed by atoms with E-state index in [1.165, 1.54) is 11.8 Å². The van der Waals surface area contributed by atoms with E-state index in [2.05, 4.69) is 17.1 Å². The number of aryl methyl sites for hydroxylation is 1. The van der Waals surface area contributed by atoms with Gasteiger partial charge in [-0.25, -0.2) is 4.98 Å². The van der Waals surface area contributed by atoms with Crippen molar-refractivity contribution in [2.24, 2.45) is 0 Å². The standard InChI is InChI=1S/C23H24N4O4S/c1-5-8-20-25-21(31-26-20)14(2)32-23-24-17-10-7-6-9-16(17)22(28)27(23)15-11-12-18(29-3)19(13-15)30-4/h6-7,9-14H,5,8H2,1-4H3/t14-/m1/s1. The molecule has 0 aliphatic rings. The van der Waals surface area contributed by atoms with Crippen LogP contribution in [0.15, 0.2) is 56.9 Å². The third kappa shape index (κ3) is 4.20. The van der Waals surface area contributed by atoms with Crippen molar-refractivity contribution in [3.63, 3.8) is 0 Å². The Morgan fingerprint density at radius 2 is 1.88 bits per heavy atom. The van der Waals surface area contributed by atoms with Gasteiger partial charge >= 0.3 is 0 Å². The summed E-state index contributed by atoms with van der Waals surface area (Å²) < 4.78 is 17.8. The molecule has 2 aromatic carbocycles. The summed E-state index contributed by atoms with van der Waals surface area (Å²) in [4.78, 5) is 22.8. The highest BCUT2D eigenvalue weighted by atomic mass is 32.2. The molecule has 166 valence electrons. The molecule has 0 unspecified atom stereocenters. The molecule has 9 heteroatoms. The lowest BCUT2D eigenvalue weighted by Gasteiger charge is -2.16. The average Bonchev–Trinajstić information content (AvgIpc) is 3.28. The third-order valence-corrected chi connectivity index (χ3v) is 6.00. The molecule has 4 rings (SSSR count). The van der Waals surface area contributed by atoms with E-state index in [4.69, 9.17) is 19.0 Å². The molecule has 0 N–H and O–H groups in total. The first-order valence-corrected chi connectivity index (χ1v) is 11.2. The number of aromatic nitrogens is 4. The predicted molar refractivity (Wildman–Crippen MR) is 123 cm³/mol. The Morgan fingerprint density at radius 3 is 2.62 bits per heavy atom. The van der Waals surface area contributed by atoms with Crippen LogP contribution in [0.5, 0.6) is 11.5 Å². The fraction of sp³-hybridized carbons (Fsp3) is 0.304. The van der Waals surface area contributed by atoms with Crippen LogP contribution >= 0.6 is 11.8 Å². The number of fused-ring (bicyclic) bond motifs is 1. The van der Waals surface area contributed by atoms with Crippen molar-refractivity contribution in [3.05, 3.63) is 64.5 Å². The number of rotatable bonds is 8. The van der Waals surface area contributed by atoms with Crippen LogP contribution in [-0.2, 0) is 6.42 Å². The highest BCUT2D eigenvalue weighted by Gasteiger charge is 2.21. The number of ether oxygens (including phenoxy) is 2. The van der Waals surface area contributed by atoms with Gasteiger partial charge in [-0.3, -0.25) is 9.36 Å². The summed E-state index contributed by atoms with van der Waals surface area (Å²) in [6.45, 7) is 4.02. The van der Waals surface area contributed by atoms with Gasteiger partial charge in [-0.15, -0.1) is 0 Å². The van der Waals surface area contributed by atoms with Crippen molar-refractivity contribution in [2.75, 3.05) is 14.2 Å². The van der Waals surface area contributed by atoms with Crippen molar-refractivity contribution < 1.29 is 14.0 Å². The predicted octanol–water partition coefficient (Wildman–Crippen LogP) is 4.59. The summed E-state index contributed by atoms with van der Waals surface area (Å²) >= 11 is 1.39. The van der Waals surface area contributed by atoms with Gasteiger partial charge in [0.15, 0.2) is 22.5 Å². The molecule has 32 heavy (non-hydrogen) atoms. The quantitative estimate of drug-likeness (QED) is 0.283. The summed E-state index contributed by atoms with van der Waals surface area (Å²) in [6, 6.07) is 12.6. The van der Waals surface area contributed by atoms with Crippen molar-refractivity contribution >= 4 is 22.7 Å². The Kier molecular flexibility index (Phi) is 6.45. The van der Waals surface area contributed by atoms with Crippen molar-refractivity contribution in [3.8, 4) is 17.2 Å². The number of benzene rings is 2. The number of nitrogens with zero attached hydrogens (tertiary/aromatic N) is 4. The zero-order chi connectivity index (χ0) is 22.7. The van der Waals surface area contributed by atoms with Crippen LogP contribution < -0.4 is 15.0 Å². The molecule has 2 heterocycles. The van der Waals surface area contributed by atoms with E-state index < -0.39 is 0 Å². The minimum Gasteiger partial charge on any atom is -0.493 e. The van der Waals surface area contributed by atoms with Crippen LogP contribution in [0.2, 0.25) is 0 Å². The van der Waals surface area contributed by atoms with Gasteiger partial charge in [-0.2, -0.15) is 4.98 Å². The van der Waals surface area contributed by atoms with E-state index in [9.17, 15) is 4.79 Å². The van der Waals surface area contributed by atoms with Crippen molar-refractivity contribution in [1.29, 1.82) is 0 Å². The lowest BCUT2D eigenvalue weighted by molar-refractivity contribution is 0.354. The largest absolute Gasteiger partial charge is 0.493 e. The van der Waals surface area contributed by atoms with Gasteiger partial charge in [0, 0.05) is 12.5 Å². The van der Waals surface area contributed by atoms with Gasteiger partial charge in [-0.05, 0) is 37.6 Å².